The molecule has 0 radical (unpaired) electrons. The number of rotatable bonds is 6. The van der Waals surface area contributed by atoms with Crippen molar-refractivity contribution >= 4 is 17.5 Å². The lowest BCUT2D eigenvalue weighted by Gasteiger charge is -2.12. The summed E-state index contributed by atoms with van der Waals surface area (Å²) in [6.07, 6.45) is 2.12. The number of nitrogens with zero attached hydrogens (tertiary/aromatic N) is 3. The summed E-state index contributed by atoms with van der Waals surface area (Å²) in [6.45, 7) is 0.398. The molecule has 1 heterocycles. The SMILES string of the molecule is O=C(CCn1cncn1)NCC(O)c1ccc(Cl)c(F)c1. The van der Waals surface area contributed by atoms with Gasteiger partial charge in [-0.25, -0.2) is 9.37 Å². The summed E-state index contributed by atoms with van der Waals surface area (Å²) in [5.41, 5.74) is 0.355. The lowest BCUT2D eigenvalue weighted by molar-refractivity contribution is -0.121. The first-order valence-electron chi connectivity index (χ1n) is 6.28. The zero-order chi connectivity index (χ0) is 15.2. The van der Waals surface area contributed by atoms with Crippen molar-refractivity contribution < 1.29 is 14.3 Å². The zero-order valence-corrected chi connectivity index (χ0v) is 11.8. The molecule has 21 heavy (non-hydrogen) atoms. The maximum atomic E-state index is 13.3. The van der Waals surface area contributed by atoms with E-state index in [-0.39, 0.29) is 23.9 Å². The van der Waals surface area contributed by atoms with Gasteiger partial charge in [-0.1, -0.05) is 17.7 Å². The highest BCUT2D eigenvalue weighted by atomic mass is 35.5. The van der Waals surface area contributed by atoms with Gasteiger partial charge in [0.1, 0.15) is 18.5 Å². The van der Waals surface area contributed by atoms with Gasteiger partial charge < -0.3 is 10.4 Å². The Balaban J connectivity index is 1.78. The van der Waals surface area contributed by atoms with Crippen LogP contribution in [0, 0.1) is 5.82 Å². The number of aromatic nitrogens is 3. The van der Waals surface area contributed by atoms with Crippen molar-refractivity contribution in [2.24, 2.45) is 0 Å². The van der Waals surface area contributed by atoms with Crippen LogP contribution in [0.3, 0.4) is 0 Å². The average Bonchev–Trinajstić information content (AvgIpc) is 2.98. The number of aryl methyl sites for hydroxylation is 1. The number of aliphatic hydroxyl groups is 1. The Morgan fingerprint density at radius 1 is 1.52 bits per heavy atom. The summed E-state index contributed by atoms with van der Waals surface area (Å²) in [7, 11) is 0. The molecule has 1 unspecified atom stereocenters. The Hall–Kier alpha value is -1.99. The lowest BCUT2D eigenvalue weighted by atomic mass is 10.1. The molecule has 0 aliphatic carbocycles. The van der Waals surface area contributed by atoms with Crippen LogP contribution in [0.25, 0.3) is 0 Å². The van der Waals surface area contributed by atoms with E-state index in [4.69, 9.17) is 11.6 Å². The topological polar surface area (TPSA) is 80.0 Å². The van der Waals surface area contributed by atoms with Crippen LogP contribution in [0.4, 0.5) is 4.39 Å². The fraction of sp³-hybridized carbons (Fsp3) is 0.308. The number of nitrogens with one attached hydrogen (secondary N) is 1. The van der Waals surface area contributed by atoms with Crippen LogP contribution in [-0.2, 0) is 11.3 Å². The third-order valence-electron chi connectivity index (χ3n) is 2.86. The second-order valence-corrected chi connectivity index (χ2v) is 4.81. The predicted molar refractivity (Wildman–Crippen MR) is 74.0 cm³/mol. The van der Waals surface area contributed by atoms with E-state index in [1.165, 1.54) is 29.5 Å². The number of halogens is 2. The van der Waals surface area contributed by atoms with Crippen molar-refractivity contribution in [3.8, 4) is 0 Å². The molecule has 0 spiro atoms. The fourth-order valence-corrected chi connectivity index (χ4v) is 1.82. The summed E-state index contributed by atoms with van der Waals surface area (Å²) < 4.78 is 14.8. The molecule has 2 rings (SSSR count). The van der Waals surface area contributed by atoms with Crippen LogP contribution in [0.5, 0.6) is 0 Å². The van der Waals surface area contributed by atoms with Gasteiger partial charge in [0.2, 0.25) is 5.91 Å². The number of carbonyl (C=O) groups excluding carboxylic acids is 1. The second kappa shape index (κ2) is 7.14. The number of aliphatic hydroxyl groups excluding tert-OH is 1. The molecule has 112 valence electrons. The Kier molecular flexibility index (Phi) is 5.24. The van der Waals surface area contributed by atoms with E-state index in [1.807, 2.05) is 0 Å². The van der Waals surface area contributed by atoms with E-state index in [9.17, 15) is 14.3 Å². The molecule has 2 N–H and O–H groups in total. The number of hydrogen-bond acceptors (Lipinski definition) is 4. The maximum Gasteiger partial charge on any atom is 0.221 e. The van der Waals surface area contributed by atoms with Crippen molar-refractivity contribution in [2.45, 2.75) is 19.1 Å². The number of hydrogen-bond donors (Lipinski definition) is 2. The Bertz CT molecular complexity index is 606. The molecule has 0 bridgehead atoms. The maximum absolute atomic E-state index is 13.3. The minimum Gasteiger partial charge on any atom is -0.387 e. The first-order valence-corrected chi connectivity index (χ1v) is 6.66. The fourth-order valence-electron chi connectivity index (χ4n) is 1.70. The van der Waals surface area contributed by atoms with Crippen LogP contribution in [0.15, 0.2) is 30.9 Å². The standard InChI is InChI=1S/C13H14ClFN4O2/c14-10-2-1-9(5-11(10)15)12(20)6-17-13(21)3-4-19-8-16-7-18-19/h1-2,5,7-8,12,20H,3-4,6H2,(H,17,21). The molecule has 2 aromatic rings. The smallest absolute Gasteiger partial charge is 0.221 e. The number of benzene rings is 1. The highest BCUT2D eigenvalue weighted by Crippen LogP contribution is 2.19. The summed E-state index contributed by atoms with van der Waals surface area (Å²) in [5.74, 6) is -0.843. The van der Waals surface area contributed by atoms with Gasteiger partial charge in [0.15, 0.2) is 0 Å². The van der Waals surface area contributed by atoms with Crippen LogP contribution >= 0.6 is 11.6 Å². The zero-order valence-electron chi connectivity index (χ0n) is 11.0. The highest BCUT2D eigenvalue weighted by Gasteiger charge is 2.11. The number of amides is 1. The van der Waals surface area contributed by atoms with Crippen LogP contribution in [-0.4, -0.2) is 32.3 Å². The van der Waals surface area contributed by atoms with Gasteiger partial charge in [0.05, 0.1) is 17.7 Å². The lowest BCUT2D eigenvalue weighted by Crippen LogP contribution is -2.29. The van der Waals surface area contributed by atoms with Crippen molar-refractivity contribution in [1.82, 2.24) is 20.1 Å². The molecule has 1 atom stereocenters. The Morgan fingerprint density at radius 2 is 2.33 bits per heavy atom. The summed E-state index contributed by atoms with van der Waals surface area (Å²) in [5, 5.41) is 16.3. The van der Waals surface area contributed by atoms with E-state index in [2.05, 4.69) is 15.4 Å². The van der Waals surface area contributed by atoms with Crippen LogP contribution in [0.2, 0.25) is 5.02 Å². The third-order valence-corrected chi connectivity index (χ3v) is 3.16. The van der Waals surface area contributed by atoms with E-state index >= 15 is 0 Å². The van der Waals surface area contributed by atoms with Gasteiger partial charge in [-0.2, -0.15) is 5.10 Å². The first-order chi connectivity index (χ1) is 10.1. The van der Waals surface area contributed by atoms with E-state index in [0.29, 0.717) is 12.1 Å². The van der Waals surface area contributed by atoms with Crippen molar-refractivity contribution in [3.63, 3.8) is 0 Å². The molecular weight excluding hydrogens is 299 g/mol. The minimum absolute atomic E-state index is 0.00272. The van der Waals surface area contributed by atoms with Gasteiger partial charge in [-0.3, -0.25) is 9.48 Å². The summed E-state index contributed by atoms with van der Waals surface area (Å²) >= 11 is 5.56. The average molecular weight is 313 g/mol. The second-order valence-electron chi connectivity index (χ2n) is 4.40. The molecule has 0 saturated carbocycles. The van der Waals surface area contributed by atoms with Crippen molar-refractivity contribution in [2.75, 3.05) is 6.54 Å². The van der Waals surface area contributed by atoms with E-state index < -0.39 is 11.9 Å². The van der Waals surface area contributed by atoms with Gasteiger partial charge in [-0.05, 0) is 17.7 Å². The molecule has 8 heteroatoms. The van der Waals surface area contributed by atoms with Gasteiger partial charge in [-0.15, -0.1) is 0 Å². The van der Waals surface area contributed by atoms with Crippen LogP contribution < -0.4 is 5.32 Å². The molecule has 0 saturated heterocycles. The molecule has 1 aromatic carbocycles. The van der Waals surface area contributed by atoms with Crippen molar-refractivity contribution in [3.05, 3.63) is 47.3 Å². The van der Waals surface area contributed by atoms with Gasteiger partial charge in [0, 0.05) is 13.0 Å². The molecule has 1 aromatic heterocycles. The monoisotopic (exact) mass is 312 g/mol. The molecule has 1 amide bonds. The van der Waals surface area contributed by atoms with E-state index in [1.54, 1.807) is 0 Å². The summed E-state index contributed by atoms with van der Waals surface area (Å²) in [6, 6.07) is 4.02. The Morgan fingerprint density at radius 3 is 3.00 bits per heavy atom. The van der Waals surface area contributed by atoms with Crippen molar-refractivity contribution in [1.29, 1.82) is 0 Å². The molecule has 0 fully saturated rings. The van der Waals surface area contributed by atoms with Gasteiger partial charge >= 0.3 is 0 Å². The number of carbonyl (C=O) groups is 1. The Labute approximate surface area is 125 Å². The predicted octanol–water partition coefficient (Wildman–Crippen LogP) is 1.31. The molecule has 0 aliphatic heterocycles. The largest absolute Gasteiger partial charge is 0.387 e. The quantitative estimate of drug-likeness (QED) is 0.843. The van der Waals surface area contributed by atoms with Gasteiger partial charge in [0.25, 0.3) is 0 Å². The molecular formula is C13H14ClFN4O2. The van der Waals surface area contributed by atoms with E-state index in [0.717, 1.165) is 6.07 Å². The normalized spacial score (nSPS) is 12.1. The highest BCUT2D eigenvalue weighted by molar-refractivity contribution is 6.30. The molecule has 6 nitrogen and oxygen atoms in total. The third kappa shape index (κ3) is 4.51. The molecule has 0 aliphatic rings. The first kappa shape index (κ1) is 15.4. The summed E-state index contributed by atoms with van der Waals surface area (Å²) in [4.78, 5) is 15.4. The van der Waals surface area contributed by atoms with Crippen LogP contribution in [0.1, 0.15) is 18.1 Å². The minimum atomic E-state index is -0.993.